The number of aromatic nitrogens is 2. The molecule has 2 heterocycles. The topological polar surface area (TPSA) is 67.2 Å². The molecule has 1 aliphatic rings. The maximum atomic E-state index is 12.2. The van der Waals surface area contributed by atoms with Gasteiger partial charge in [-0.2, -0.15) is 5.10 Å². The summed E-state index contributed by atoms with van der Waals surface area (Å²) >= 11 is 0. The normalized spacial score (nSPS) is 16.7. The molecule has 0 bridgehead atoms. The molecule has 1 aliphatic heterocycles. The second kappa shape index (κ2) is 8.17. The summed E-state index contributed by atoms with van der Waals surface area (Å²) in [5.74, 6) is 0.452. The number of carbonyl (C=O) groups is 1. The van der Waals surface area contributed by atoms with Crippen LogP contribution in [-0.4, -0.2) is 35.3 Å². The van der Waals surface area contributed by atoms with Gasteiger partial charge in [0.05, 0.1) is 18.3 Å². The lowest BCUT2D eigenvalue weighted by molar-refractivity contribution is -0.120. The van der Waals surface area contributed by atoms with Crippen molar-refractivity contribution in [3.63, 3.8) is 0 Å². The minimum absolute atomic E-state index is 0.0583. The Labute approximate surface area is 153 Å². The van der Waals surface area contributed by atoms with Gasteiger partial charge in [0.1, 0.15) is 0 Å². The first-order valence-corrected chi connectivity index (χ1v) is 9.18. The third-order valence-corrected chi connectivity index (χ3v) is 4.99. The molecule has 0 unspecified atom stereocenters. The highest BCUT2D eigenvalue weighted by molar-refractivity contribution is 5.78. The molecule has 0 saturated carbocycles. The van der Waals surface area contributed by atoms with E-state index in [1.165, 1.54) is 10.2 Å². The van der Waals surface area contributed by atoms with Crippen molar-refractivity contribution in [2.24, 2.45) is 13.0 Å². The average Bonchev–Trinajstić information content (AvgIpc) is 3.12. The van der Waals surface area contributed by atoms with Crippen LogP contribution in [0.2, 0.25) is 0 Å². The second-order valence-corrected chi connectivity index (χ2v) is 6.93. The summed E-state index contributed by atoms with van der Waals surface area (Å²) in [5.41, 5.74) is 3.08. The standard InChI is InChI=1S/C20H26N4O2/c1-3-15-4-6-16(7-5-15)10-19(25)21-12-17-8-9-24(14-17)18-11-20(26)23(2)22-13-18/h4-7,11,13,17H,3,8-10,12,14H2,1-2H3,(H,21,25)/t17-/m1/s1. The van der Waals surface area contributed by atoms with Gasteiger partial charge >= 0.3 is 0 Å². The van der Waals surface area contributed by atoms with Crippen LogP contribution in [0.25, 0.3) is 0 Å². The van der Waals surface area contributed by atoms with E-state index in [9.17, 15) is 9.59 Å². The monoisotopic (exact) mass is 354 g/mol. The molecule has 1 N–H and O–H groups in total. The maximum Gasteiger partial charge on any atom is 0.268 e. The number of aryl methyl sites for hydroxylation is 2. The summed E-state index contributed by atoms with van der Waals surface area (Å²) in [5, 5.41) is 7.12. The van der Waals surface area contributed by atoms with Gasteiger partial charge in [-0.15, -0.1) is 0 Å². The van der Waals surface area contributed by atoms with Crippen LogP contribution in [0.4, 0.5) is 5.69 Å². The van der Waals surface area contributed by atoms with Gasteiger partial charge in [0.25, 0.3) is 5.56 Å². The Bertz CT molecular complexity index is 813. The molecule has 0 spiro atoms. The van der Waals surface area contributed by atoms with Crippen molar-refractivity contribution < 1.29 is 4.79 Å². The fourth-order valence-electron chi connectivity index (χ4n) is 3.27. The van der Waals surface area contributed by atoms with Gasteiger partial charge in [-0.1, -0.05) is 31.2 Å². The van der Waals surface area contributed by atoms with Gasteiger partial charge in [-0.25, -0.2) is 4.68 Å². The Morgan fingerprint density at radius 3 is 2.69 bits per heavy atom. The van der Waals surface area contributed by atoms with Crippen LogP contribution < -0.4 is 15.8 Å². The first-order chi connectivity index (χ1) is 12.5. The number of nitrogens with zero attached hydrogens (tertiary/aromatic N) is 3. The van der Waals surface area contributed by atoms with Crippen molar-refractivity contribution in [3.05, 3.63) is 58.0 Å². The van der Waals surface area contributed by atoms with Crippen LogP contribution in [0.15, 0.2) is 41.3 Å². The number of nitrogens with one attached hydrogen (secondary N) is 1. The van der Waals surface area contributed by atoms with Gasteiger partial charge < -0.3 is 10.2 Å². The van der Waals surface area contributed by atoms with E-state index in [2.05, 4.69) is 34.4 Å². The highest BCUT2D eigenvalue weighted by Crippen LogP contribution is 2.21. The Morgan fingerprint density at radius 1 is 1.27 bits per heavy atom. The Kier molecular flexibility index (Phi) is 5.71. The zero-order chi connectivity index (χ0) is 18.5. The molecule has 138 valence electrons. The molecule has 3 rings (SSSR count). The predicted octanol–water partition coefficient (Wildman–Crippen LogP) is 1.53. The van der Waals surface area contributed by atoms with Crippen LogP contribution >= 0.6 is 0 Å². The molecule has 0 aliphatic carbocycles. The number of hydrogen-bond acceptors (Lipinski definition) is 4. The molecule has 2 aromatic rings. The molecular weight excluding hydrogens is 328 g/mol. The average molecular weight is 354 g/mol. The van der Waals surface area contributed by atoms with E-state index < -0.39 is 0 Å². The maximum absolute atomic E-state index is 12.2. The van der Waals surface area contributed by atoms with Crippen molar-refractivity contribution in [2.75, 3.05) is 24.5 Å². The van der Waals surface area contributed by atoms with Gasteiger partial charge in [-0.05, 0) is 29.9 Å². The van der Waals surface area contributed by atoms with Crippen molar-refractivity contribution in [2.45, 2.75) is 26.2 Å². The molecule has 6 nitrogen and oxygen atoms in total. The highest BCUT2D eigenvalue weighted by atomic mass is 16.1. The molecule has 1 aromatic carbocycles. The number of hydrogen-bond donors (Lipinski definition) is 1. The van der Waals surface area contributed by atoms with E-state index in [1.807, 2.05) is 12.1 Å². The Morgan fingerprint density at radius 2 is 2.00 bits per heavy atom. The smallest absolute Gasteiger partial charge is 0.268 e. The molecule has 0 radical (unpaired) electrons. The second-order valence-electron chi connectivity index (χ2n) is 6.93. The SMILES string of the molecule is CCc1ccc(CC(=O)NC[C@H]2CCN(c3cnn(C)c(=O)c3)C2)cc1. The Balaban J connectivity index is 1.47. The molecule has 1 fully saturated rings. The van der Waals surface area contributed by atoms with Crippen molar-refractivity contribution in [1.82, 2.24) is 15.1 Å². The summed E-state index contributed by atoms with van der Waals surface area (Å²) < 4.78 is 1.32. The minimum Gasteiger partial charge on any atom is -0.370 e. The molecule has 26 heavy (non-hydrogen) atoms. The molecule has 1 amide bonds. The van der Waals surface area contributed by atoms with Crippen molar-refractivity contribution >= 4 is 11.6 Å². The van der Waals surface area contributed by atoms with E-state index in [0.29, 0.717) is 18.9 Å². The van der Waals surface area contributed by atoms with Crippen LogP contribution in [-0.2, 0) is 24.7 Å². The minimum atomic E-state index is -0.103. The summed E-state index contributed by atoms with van der Waals surface area (Å²) in [7, 11) is 1.64. The van der Waals surface area contributed by atoms with Crippen LogP contribution in [0.3, 0.4) is 0 Å². The molecule has 1 atom stereocenters. The van der Waals surface area contributed by atoms with Gasteiger partial charge in [0, 0.05) is 32.7 Å². The lowest BCUT2D eigenvalue weighted by atomic mass is 10.1. The van der Waals surface area contributed by atoms with E-state index >= 15 is 0 Å². The number of rotatable bonds is 6. The number of amides is 1. The van der Waals surface area contributed by atoms with Gasteiger partial charge in [0.2, 0.25) is 5.91 Å². The number of anilines is 1. The first kappa shape index (κ1) is 18.2. The van der Waals surface area contributed by atoms with Crippen LogP contribution in [0.5, 0.6) is 0 Å². The van der Waals surface area contributed by atoms with E-state index in [-0.39, 0.29) is 11.5 Å². The first-order valence-electron chi connectivity index (χ1n) is 9.18. The number of benzene rings is 1. The lowest BCUT2D eigenvalue weighted by Crippen LogP contribution is -2.32. The fourth-order valence-corrected chi connectivity index (χ4v) is 3.27. The van der Waals surface area contributed by atoms with Crippen molar-refractivity contribution in [1.29, 1.82) is 0 Å². The van der Waals surface area contributed by atoms with Crippen LogP contribution in [0, 0.1) is 5.92 Å². The van der Waals surface area contributed by atoms with Gasteiger partial charge in [-0.3, -0.25) is 9.59 Å². The van der Waals surface area contributed by atoms with Crippen LogP contribution in [0.1, 0.15) is 24.5 Å². The lowest BCUT2D eigenvalue weighted by Gasteiger charge is -2.18. The third-order valence-electron chi connectivity index (χ3n) is 4.99. The third kappa shape index (κ3) is 4.50. The number of carbonyl (C=O) groups excluding carboxylic acids is 1. The predicted molar refractivity (Wildman–Crippen MR) is 102 cm³/mol. The van der Waals surface area contributed by atoms with E-state index in [4.69, 9.17) is 0 Å². The highest BCUT2D eigenvalue weighted by Gasteiger charge is 2.23. The summed E-state index contributed by atoms with van der Waals surface area (Å²) in [6.45, 7) is 4.50. The Hall–Kier alpha value is -2.63. The zero-order valence-corrected chi connectivity index (χ0v) is 15.4. The summed E-state index contributed by atoms with van der Waals surface area (Å²) in [6.07, 6.45) is 4.15. The van der Waals surface area contributed by atoms with Gasteiger partial charge in [0.15, 0.2) is 0 Å². The largest absolute Gasteiger partial charge is 0.370 e. The molecular formula is C20H26N4O2. The fraction of sp³-hybridized carbons (Fsp3) is 0.450. The quantitative estimate of drug-likeness (QED) is 0.854. The zero-order valence-electron chi connectivity index (χ0n) is 15.4. The van der Waals surface area contributed by atoms with E-state index in [1.54, 1.807) is 19.3 Å². The van der Waals surface area contributed by atoms with Crippen molar-refractivity contribution in [3.8, 4) is 0 Å². The molecule has 1 saturated heterocycles. The summed E-state index contributed by atoms with van der Waals surface area (Å²) in [4.78, 5) is 26.1. The molecule has 1 aromatic heterocycles. The summed E-state index contributed by atoms with van der Waals surface area (Å²) in [6, 6.07) is 9.83. The molecule has 6 heteroatoms. The van der Waals surface area contributed by atoms with E-state index in [0.717, 1.165) is 37.2 Å².